The zero-order chi connectivity index (χ0) is 21.5. The van der Waals surface area contributed by atoms with Crippen molar-refractivity contribution in [2.45, 2.75) is 31.3 Å². The van der Waals surface area contributed by atoms with Gasteiger partial charge in [0.2, 0.25) is 0 Å². The largest absolute Gasteiger partial charge is 0.511 e. The van der Waals surface area contributed by atoms with Gasteiger partial charge in [-0.1, -0.05) is 6.07 Å². The molecular formula is C17H24F4N4O3S. The summed E-state index contributed by atoms with van der Waals surface area (Å²) in [6, 6.07) is 5.51. The highest BCUT2D eigenvalue weighted by atomic mass is 32.2. The highest BCUT2D eigenvalue weighted by molar-refractivity contribution is 7.90. The molecule has 1 saturated heterocycles. The lowest BCUT2D eigenvalue weighted by molar-refractivity contribution is -0.0494. The van der Waals surface area contributed by atoms with Gasteiger partial charge in [-0.15, -0.1) is 0 Å². The molecule has 0 amide bonds. The average Bonchev–Trinajstić information content (AvgIpc) is 2.65. The Morgan fingerprint density at radius 3 is 2.59 bits per heavy atom. The Bertz CT molecular complexity index is 794. The highest BCUT2D eigenvalue weighted by Gasteiger charge is 2.50. The Balaban J connectivity index is 1.83. The first kappa shape index (κ1) is 23.2. The third kappa shape index (κ3) is 6.74. The number of sulfonamides is 1. The first-order valence-electron chi connectivity index (χ1n) is 9.13. The summed E-state index contributed by atoms with van der Waals surface area (Å²) in [6.07, 6.45) is 0.443. The van der Waals surface area contributed by atoms with Gasteiger partial charge in [-0.2, -0.15) is 17.5 Å². The first-order valence-corrected chi connectivity index (χ1v) is 10.6. The van der Waals surface area contributed by atoms with Crippen molar-refractivity contribution < 1.29 is 30.7 Å². The van der Waals surface area contributed by atoms with Crippen molar-refractivity contribution in [3.05, 3.63) is 30.1 Å². The number of nitrogens with zero attached hydrogens (tertiary/aromatic N) is 2. The summed E-state index contributed by atoms with van der Waals surface area (Å²) in [5.41, 5.74) is -5.29. The van der Waals surface area contributed by atoms with E-state index in [4.69, 9.17) is 4.74 Å². The summed E-state index contributed by atoms with van der Waals surface area (Å²) in [4.78, 5) is 4.32. The molecule has 1 aliphatic rings. The monoisotopic (exact) mass is 440 g/mol. The number of hydrogen-bond acceptors (Lipinski definition) is 4. The number of piperidine rings is 1. The standard InChI is InChI=1S/C17H24F4N4O3S/c1-2-22-16(23-8-11-28-15-5-3-4-13(18)12-15)24-14-6-9-25(10-7-14)29(26,27)17(19,20)21/h3-5,12,14H,2,6-11H2,1H3,(H2,22,23,24). The van der Waals surface area contributed by atoms with Crippen molar-refractivity contribution >= 4 is 16.0 Å². The van der Waals surface area contributed by atoms with Crippen molar-refractivity contribution in [3.8, 4) is 5.75 Å². The second-order valence-electron chi connectivity index (χ2n) is 6.33. The molecule has 0 atom stereocenters. The number of aliphatic imine (C=N–C) groups is 1. The van der Waals surface area contributed by atoms with Crippen LogP contribution in [0.4, 0.5) is 17.6 Å². The van der Waals surface area contributed by atoms with Crippen molar-refractivity contribution in [2.24, 2.45) is 4.99 Å². The zero-order valence-electron chi connectivity index (χ0n) is 15.9. The molecule has 0 aliphatic carbocycles. The highest BCUT2D eigenvalue weighted by Crippen LogP contribution is 2.28. The van der Waals surface area contributed by atoms with Crippen LogP contribution in [-0.2, 0) is 10.0 Å². The van der Waals surface area contributed by atoms with Crippen LogP contribution in [0.3, 0.4) is 0 Å². The fourth-order valence-corrected chi connectivity index (χ4v) is 3.76. The lowest BCUT2D eigenvalue weighted by atomic mass is 10.1. The second kappa shape index (κ2) is 10.1. The van der Waals surface area contributed by atoms with Crippen molar-refractivity contribution in [3.63, 3.8) is 0 Å². The van der Waals surface area contributed by atoms with Crippen molar-refractivity contribution in [2.75, 3.05) is 32.8 Å². The summed E-state index contributed by atoms with van der Waals surface area (Å²) in [7, 11) is -5.29. The number of benzene rings is 1. The van der Waals surface area contributed by atoms with E-state index in [0.717, 1.165) is 0 Å². The lowest BCUT2D eigenvalue weighted by Crippen LogP contribution is -2.51. The molecule has 1 aromatic rings. The van der Waals surface area contributed by atoms with Gasteiger partial charge in [0.15, 0.2) is 5.96 Å². The predicted octanol–water partition coefficient (Wildman–Crippen LogP) is 2.07. The number of halogens is 4. The Morgan fingerprint density at radius 2 is 2.00 bits per heavy atom. The van der Waals surface area contributed by atoms with Crippen LogP contribution in [0.25, 0.3) is 0 Å². The van der Waals surface area contributed by atoms with Gasteiger partial charge in [0.05, 0.1) is 6.54 Å². The molecule has 2 N–H and O–H groups in total. The molecule has 1 aliphatic heterocycles. The first-order chi connectivity index (χ1) is 13.6. The topological polar surface area (TPSA) is 83.0 Å². The summed E-state index contributed by atoms with van der Waals surface area (Å²) in [6.45, 7) is 2.47. The van der Waals surface area contributed by atoms with E-state index < -0.39 is 21.3 Å². The van der Waals surface area contributed by atoms with E-state index in [2.05, 4.69) is 15.6 Å². The summed E-state index contributed by atoms with van der Waals surface area (Å²) >= 11 is 0. The Kier molecular flexibility index (Phi) is 8.08. The molecule has 0 radical (unpaired) electrons. The van der Waals surface area contributed by atoms with Gasteiger partial charge in [-0.3, -0.25) is 0 Å². The van der Waals surface area contributed by atoms with Crippen LogP contribution in [-0.4, -0.2) is 63.0 Å². The fourth-order valence-electron chi connectivity index (χ4n) is 2.78. The minimum absolute atomic E-state index is 0.211. The van der Waals surface area contributed by atoms with Crippen LogP contribution in [0.15, 0.2) is 29.3 Å². The van der Waals surface area contributed by atoms with Gasteiger partial charge >= 0.3 is 15.5 Å². The SMILES string of the molecule is CCNC(=NCCOc1cccc(F)c1)NC1CCN(S(=O)(=O)C(F)(F)F)CC1. The minimum Gasteiger partial charge on any atom is -0.492 e. The van der Waals surface area contributed by atoms with Crippen LogP contribution in [0, 0.1) is 5.82 Å². The molecular weight excluding hydrogens is 416 g/mol. The van der Waals surface area contributed by atoms with Gasteiger partial charge in [-0.05, 0) is 31.9 Å². The molecule has 0 unspecified atom stereocenters. The molecule has 1 heterocycles. The molecule has 12 heteroatoms. The molecule has 0 saturated carbocycles. The normalized spacial score (nSPS) is 17.2. The third-order valence-corrected chi connectivity index (χ3v) is 5.83. The molecule has 0 bridgehead atoms. The summed E-state index contributed by atoms with van der Waals surface area (Å²) in [5.74, 6) is 0.434. The van der Waals surface area contributed by atoms with Crippen LogP contribution in [0.1, 0.15) is 19.8 Å². The van der Waals surface area contributed by atoms with Crippen LogP contribution >= 0.6 is 0 Å². The van der Waals surface area contributed by atoms with E-state index in [9.17, 15) is 26.0 Å². The van der Waals surface area contributed by atoms with Crippen molar-refractivity contribution in [1.82, 2.24) is 14.9 Å². The van der Waals surface area contributed by atoms with Crippen LogP contribution < -0.4 is 15.4 Å². The minimum atomic E-state index is -5.29. The molecule has 7 nitrogen and oxygen atoms in total. The molecule has 29 heavy (non-hydrogen) atoms. The van der Waals surface area contributed by atoms with E-state index in [1.807, 2.05) is 6.92 Å². The Morgan fingerprint density at radius 1 is 1.31 bits per heavy atom. The smallest absolute Gasteiger partial charge is 0.492 e. The number of nitrogens with one attached hydrogen (secondary N) is 2. The Hall–Kier alpha value is -2.08. The molecule has 0 spiro atoms. The summed E-state index contributed by atoms with van der Waals surface area (Å²) in [5, 5.41) is 6.11. The molecule has 0 aromatic heterocycles. The molecule has 2 rings (SSSR count). The van der Waals surface area contributed by atoms with Crippen LogP contribution in [0.2, 0.25) is 0 Å². The lowest BCUT2D eigenvalue weighted by Gasteiger charge is -2.32. The summed E-state index contributed by atoms with van der Waals surface area (Å²) < 4.78 is 79.8. The average molecular weight is 440 g/mol. The number of alkyl halides is 3. The maximum atomic E-state index is 13.1. The van der Waals surface area contributed by atoms with Gasteiger partial charge in [0.25, 0.3) is 0 Å². The Labute approximate surface area is 167 Å². The van der Waals surface area contributed by atoms with E-state index in [1.165, 1.54) is 18.2 Å². The molecule has 1 aromatic carbocycles. The number of guanidine groups is 1. The van der Waals surface area contributed by atoms with Gasteiger partial charge in [0.1, 0.15) is 18.2 Å². The maximum Gasteiger partial charge on any atom is 0.511 e. The second-order valence-corrected chi connectivity index (χ2v) is 8.26. The van der Waals surface area contributed by atoms with E-state index in [-0.39, 0.29) is 45.1 Å². The van der Waals surface area contributed by atoms with E-state index in [0.29, 0.717) is 22.6 Å². The van der Waals surface area contributed by atoms with Gasteiger partial charge in [-0.25, -0.2) is 17.8 Å². The fraction of sp³-hybridized carbons (Fsp3) is 0.588. The quantitative estimate of drug-likeness (QED) is 0.294. The molecule has 164 valence electrons. The molecule has 1 fully saturated rings. The number of rotatable bonds is 7. The van der Waals surface area contributed by atoms with E-state index in [1.54, 1.807) is 6.07 Å². The van der Waals surface area contributed by atoms with Gasteiger partial charge in [0, 0.05) is 31.7 Å². The van der Waals surface area contributed by atoms with E-state index >= 15 is 0 Å². The van der Waals surface area contributed by atoms with Crippen molar-refractivity contribution in [1.29, 1.82) is 0 Å². The zero-order valence-corrected chi connectivity index (χ0v) is 16.7. The third-order valence-electron chi connectivity index (χ3n) is 4.20. The predicted molar refractivity (Wildman–Crippen MR) is 101 cm³/mol. The number of ether oxygens (including phenoxy) is 1. The number of hydrogen-bond donors (Lipinski definition) is 2. The van der Waals surface area contributed by atoms with Gasteiger partial charge < -0.3 is 15.4 Å². The maximum absolute atomic E-state index is 13.1. The van der Waals surface area contributed by atoms with Crippen LogP contribution in [0.5, 0.6) is 5.75 Å².